The van der Waals surface area contributed by atoms with Gasteiger partial charge in [0.25, 0.3) is 0 Å². The van der Waals surface area contributed by atoms with Gasteiger partial charge in [0.1, 0.15) is 0 Å². The summed E-state index contributed by atoms with van der Waals surface area (Å²) in [6.07, 6.45) is 1.55. The van der Waals surface area contributed by atoms with Crippen LogP contribution in [0.4, 0.5) is 0 Å². The number of aliphatic imine (C=N–C) groups is 1. The number of ether oxygens (including phenoxy) is 1. The van der Waals surface area contributed by atoms with Crippen molar-refractivity contribution < 1.29 is 14.9 Å². The van der Waals surface area contributed by atoms with Crippen molar-refractivity contribution in [3.05, 3.63) is 59.7 Å². The molecule has 4 nitrogen and oxygen atoms in total. The number of nitrogens with zero attached hydrogens (tertiary/aromatic N) is 1. The van der Waals surface area contributed by atoms with Crippen LogP contribution in [0.5, 0.6) is 11.5 Å². The van der Waals surface area contributed by atoms with Crippen molar-refractivity contribution in [1.29, 1.82) is 0 Å². The molecule has 0 saturated carbocycles. The first-order valence-corrected chi connectivity index (χ1v) is 6.31. The van der Waals surface area contributed by atoms with Crippen LogP contribution < -0.4 is 4.74 Å². The van der Waals surface area contributed by atoms with E-state index in [1.165, 1.54) is 7.11 Å². The van der Waals surface area contributed by atoms with Crippen LogP contribution in [0.2, 0.25) is 0 Å². The average Bonchev–Trinajstić information content (AvgIpc) is 2.50. The summed E-state index contributed by atoms with van der Waals surface area (Å²) in [5.41, 5.74) is 1.48. The van der Waals surface area contributed by atoms with Gasteiger partial charge in [-0.1, -0.05) is 36.4 Å². The van der Waals surface area contributed by atoms with E-state index in [0.717, 1.165) is 5.56 Å². The maximum absolute atomic E-state index is 9.97. The lowest BCUT2D eigenvalue weighted by Gasteiger charge is -2.10. The first-order chi connectivity index (χ1) is 9.76. The number of rotatable bonds is 5. The Hall–Kier alpha value is -2.33. The molecule has 0 aromatic heterocycles. The number of benzene rings is 2. The fraction of sp³-hybridized carbons (Fsp3) is 0.188. The van der Waals surface area contributed by atoms with Gasteiger partial charge in [0.05, 0.1) is 19.8 Å². The van der Waals surface area contributed by atoms with E-state index in [4.69, 9.17) is 4.74 Å². The minimum Gasteiger partial charge on any atom is -0.504 e. The monoisotopic (exact) mass is 271 g/mol. The highest BCUT2D eigenvalue weighted by atomic mass is 16.5. The van der Waals surface area contributed by atoms with E-state index in [2.05, 4.69) is 4.99 Å². The predicted molar refractivity (Wildman–Crippen MR) is 78.5 cm³/mol. The molecule has 0 aliphatic carbocycles. The molecule has 0 saturated heterocycles. The normalized spacial score (nSPS) is 12.5. The van der Waals surface area contributed by atoms with Gasteiger partial charge in [0.2, 0.25) is 0 Å². The Kier molecular flexibility index (Phi) is 4.74. The Morgan fingerprint density at radius 3 is 2.55 bits per heavy atom. The summed E-state index contributed by atoms with van der Waals surface area (Å²) in [7, 11) is 1.50. The van der Waals surface area contributed by atoms with Crippen LogP contribution in [0, 0.1) is 0 Å². The highest BCUT2D eigenvalue weighted by Gasteiger charge is 2.09. The molecule has 2 aromatic carbocycles. The number of hydrogen-bond donors (Lipinski definition) is 2. The van der Waals surface area contributed by atoms with Crippen LogP contribution in [-0.2, 0) is 0 Å². The minimum absolute atomic E-state index is 0.0449. The number of aliphatic hydroxyl groups is 1. The maximum Gasteiger partial charge on any atom is 0.166 e. The molecule has 0 aliphatic rings. The highest BCUT2D eigenvalue weighted by Crippen LogP contribution is 2.28. The molecule has 2 rings (SSSR count). The largest absolute Gasteiger partial charge is 0.504 e. The Balaban J connectivity index is 2.24. The second-order valence-electron chi connectivity index (χ2n) is 4.29. The van der Waals surface area contributed by atoms with Crippen molar-refractivity contribution in [2.75, 3.05) is 13.7 Å². The third kappa shape index (κ3) is 3.16. The second-order valence-corrected chi connectivity index (χ2v) is 4.29. The van der Waals surface area contributed by atoms with Crippen LogP contribution >= 0.6 is 0 Å². The fourth-order valence-corrected chi connectivity index (χ4v) is 1.89. The zero-order chi connectivity index (χ0) is 14.4. The van der Waals surface area contributed by atoms with Crippen LogP contribution in [-0.4, -0.2) is 30.1 Å². The summed E-state index contributed by atoms with van der Waals surface area (Å²) in [4.78, 5) is 4.33. The van der Waals surface area contributed by atoms with Crippen molar-refractivity contribution in [1.82, 2.24) is 0 Å². The molecule has 20 heavy (non-hydrogen) atoms. The Labute approximate surface area is 118 Å². The summed E-state index contributed by atoms with van der Waals surface area (Å²) in [5.74, 6) is 0.442. The number of methoxy groups -OCH3 is 1. The van der Waals surface area contributed by atoms with Crippen molar-refractivity contribution in [3.8, 4) is 11.5 Å². The van der Waals surface area contributed by atoms with E-state index in [1.807, 2.05) is 30.3 Å². The van der Waals surface area contributed by atoms with Crippen molar-refractivity contribution >= 4 is 6.21 Å². The number of hydrogen-bond acceptors (Lipinski definition) is 4. The van der Waals surface area contributed by atoms with Gasteiger partial charge in [-0.05, 0) is 17.7 Å². The van der Waals surface area contributed by atoms with E-state index < -0.39 is 0 Å². The molecular weight excluding hydrogens is 254 g/mol. The molecule has 0 bridgehead atoms. The van der Waals surface area contributed by atoms with E-state index in [9.17, 15) is 10.2 Å². The first kappa shape index (κ1) is 14.1. The standard InChI is InChI=1S/C16H17NO3/c1-20-15-9-5-8-13(16(15)19)10-17-14(11-18)12-6-3-2-4-7-12/h2-10,14,18-19H,11H2,1H3/t14-/m1/s1. The van der Waals surface area contributed by atoms with Crippen LogP contribution in [0.1, 0.15) is 17.2 Å². The molecule has 0 radical (unpaired) electrons. The van der Waals surface area contributed by atoms with Crippen LogP contribution in [0.15, 0.2) is 53.5 Å². The maximum atomic E-state index is 9.97. The van der Waals surface area contributed by atoms with Gasteiger partial charge >= 0.3 is 0 Å². The number of phenolic OH excluding ortho intramolecular Hbond substituents is 1. The summed E-state index contributed by atoms with van der Waals surface area (Å²) in [5, 5.41) is 19.4. The van der Waals surface area contributed by atoms with Crippen molar-refractivity contribution in [2.45, 2.75) is 6.04 Å². The first-order valence-electron chi connectivity index (χ1n) is 6.31. The van der Waals surface area contributed by atoms with E-state index in [1.54, 1.807) is 24.4 Å². The number of aromatic hydroxyl groups is 1. The smallest absolute Gasteiger partial charge is 0.166 e. The van der Waals surface area contributed by atoms with Gasteiger partial charge < -0.3 is 14.9 Å². The third-order valence-corrected chi connectivity index (χ3v) is 3.00. The number of phenols is 1. The summed E-state index contributed by atoms with van der Waals surface area (Å²) >= 11 is 0. The summed E-state index contributed by atoms with van der Waals surface area (Å²) in [6.45, 7) is -0.0920. The zero-order valence-corrected chi connectivity index (χ0v) is 11.2. The van der Waals surface area contributed by atoms with Gasteiger partial charge in [0, 0.05) is 11.8 Å². The third-order valence-electron chi connectivity index (χ3n) is 3.00. The lowest BCUT2D eigenvalue weighted by atomic mass is 10.1. The van der Waals surface area contributed by atoms with E-state index >= 15 is 0 Å². The average molecular weight is 271 g/mol. The fourth-order valence-electron chi connectivity index (χ4n) is 1.89. The van der Waals surface area contributed by atoms with Gasteiger partial charge in [-0.15, -0.1) is 0 Å². The minimum atomic E-state index is -0.346. The van der Waals surface area contributed by atoms with Crippen LogP contribution in [0.25, 0.3) is 0 Å². The Morgan fingerprint density at radius 2 is 1.90 bits per heavy atom. The summed E-state index contributed by atoms with van der Waals surface area (Å²) in [6, 6.07) is 14.4. The molecule has 4 heteroatoms. The lowest BCUT2D eigenvalue weighted by Crippen LogP contribution is -2.01. The molecule has 0 unspecified atom stereocenters. The van der Waals surface area contributed by atoms with Gasteiger partial charge in [-0.3, -0.25) is 4.99 Å². The molecule has 2 N–H and O–H groups in total. The second kappa shape index (κ2) is 6.73. The quantitative estimate of drug-likeness (QED) is 0.821. The molecule has 0 aliphatic heterocycles. The summed E-state index contributed by atoms with van der Waals surface area (Å²) < 4.78 is 5.04. The van der Waals surface area contributed by atoms with Gasteiger partial charge in [-0.2, -0.15) is 0 Å². The molecule has 0 amide bonds. The zero-order valence-electron chi connectivity index (χ0n) is 11.2. The van der Waals surface area contributed by atoms with Crippen molar-refractivity contribution in [2.24, 2.45) is 4.99 Å². The SMILES string of the molecule is COc1cccc(C=N[C@H](CO)c2ccccc2)c1O. The molecule has 0 spiro atoms. The Bertz CT molecular complexity index is 582. The lowest BCUT2D eigenvalue weighted by molar-refractivity contribution is 0.269. The molecule has 0 heterocycles. The van der Waals surface area contributed by atoms with Gasteiger partial charge in [-0.25, -0.2) is 0 Å². The topological polar surface area (TPSA) is 62.0 Å². The number of para-hydroxylation sites is 1. The van der Waals surface area contributed by atoms with Crippen molar-refractivity contribution in [3.63, 3.8) is 0 Å². The Morgan fingerprint density at radius 1 is 1.15 bits per heavy atom. The highest BCUT2D eigenvalue weighted by molar-refractivity contribution is 5.85. The predicted octanol–water partition coefficient (Wildman–Crippen LogP) is 2.55. The van der Waals surface area contributed by atoms with E-state index in [0.29, 0.717) is 11.3 Å². The molecule has 2 aromatic rings. The molecular formula is C16H17NO3. The molecule has 0 fully saturated rings. The molecule has 104 valence electrons. The van der Waals surface area contributed by atoms with Crippen LogP contribution in [0.3, 0.4) is 0 Å². The van der Waals surface area contributed by atoms with E-state index in [-0.39, 0.29) is 18.4 Å². The van der Waals surface area contributed by atoms with Gasteiger partial charge in [0.15, 0.2) is 11.5 Å². The molecule has 1 atom stereocenters. The number of aliphatic hydroxyl groups excluding tert-OH is 1.